The van der Waals surface area contributed by atoms with Gasteiger partial charge in [0.15, 0.2) is 0 Å². The van der Waals surface area contributed by atoms with Crippen LogP contribution in [0.5, 0.6) is 0 Å². The summed E-state index contributed by atoms with van der Waals surface area (Å²) in [5.41, 5.74) is 5.62. The van der Waals surface area contributed by atoms with E-state index in [1.54, 1.807) is 0 Å². The lowest BCUT2D eigenvalue weighted by molar-refractivity contribution is -0.155. The molecule has 1 rings (SSSR count). The van der Waals surface area contributed by atoms with Crippen LogP contribution in [0.1, 0.15) is 33.6 Å². The highest BCUT2D eigenvalue weighted by Gasteiger charge is 2.31. The number of hydrogen-bond donors (Lipinski definition) is 1. The van der Waals surface area contributed by atoms with Crippen LogP contribution in [-0.4, -0.2) is 43.2 Å². The van der Waals surface area contributed by atoms with Gasteiger partial charge in [-0.25, -0.2) is 0 Å². The average molecular weight is 228 g/mol. The van der Waals surface area contributed by atoms with Gasteiger partial charge in [-0.3, -0.25) is 4.79 Å². The first-order valence-corrected chi connectivity index (χ1v) is 5.95. The Labute approximate surface area is 98.1 Å². The lowest BCUT2D eigenvalue weighted by Gasteiger charge is -2.31. The number of ether oxygens (including phenoxy) is 1. The maximum atomic E-state index is 11.8. The minimum absolute atomic E-state index is 0.0529. The van der Waals surface area contributed by atoms with Crippen molar-refractivity contribution in [3.05, 3.63) is 0 Å². The lowest BCUT2D eigenvalue weighted by Crippen LogP contribution is -2.46. The smallest absolute Gasteiger partial charge is 0.323 e. The maximum Gasteiger partial charge on any atom is 0.323 e. The molecule has 0 aromatic rings. The highest BCUT2D eigenvalue weighted by Crippen LogP contribution is 2.20. The molecule has 1 aliphatic heterocycles. The van der Waals surface area contributed by atoms with Gasteiger partial charge in [0.25, 0.3) is 0 Å². The Kier molecular flexibility index (Phi) is 4.33. The number of carbonyl (C=O) groups is 1. The summed E-state index contributed by atoms with van der Waals surface area (Å²) in [6, 6.07) is -0.535. The maximum absolute atomic E-state index is 11.8. The molecule has 1 aliphatic rings. The summed E-state index contributed by atoms with van der Waals surface area (Å²) in [6.07, 6.45) is 1.88. The number of hydrogen-bond acceptors (Lipinski definition) is 4. The zero-order chi connectivity index (χ0) is 12.3. The number of likely N-dealkylation sites (tertiary alicyclic amines) is 1. The van der Waals surface area contributed by atoms with Crippen LogP contribution >= 0.6 is 0 Å². The van der Waals surface area contributed by atoms with E-state index in [0.29, 0.717) is 0 Å². The molecule has 0 saturated carbocycles. The van der Waals surface area contributed by atoms with Crippen molar-refractivity contribution >= 4 is 5.97 Å². The molecule has 0 spiro atoms. The minimum atomic E-state index is -0.535. The fourth-order valence-corrected chi connectivity index (χ4v) is 1.69. The second kappa shape index (κ2) is 5.15. The van der Waals surface area contributed by atoms with Crippen molar-refractivity contribution in [1.82, 2.24) is 4.90 Å². The lowest BCUT2D eigenvalue weighted by atomic mass is 9.87. The van der Waals surface area contributed by atoms with Gasteiger partial charge in [0.05, 0.1) is 0 Å². The van der Waals surface area contributed by atoms with Crippen molar-refractivity contribution < 1.29 is 9.53 Å². The van der Waals surface area contributed by atoms with E-state index in [0.717, 1.165) is 25.9 Å². The van der Waals surface area contributed by atoms with Gasteiger partial charge < -0.3 is 15.4 Å². The Hall–Kier alpha value is -0.610. The minimum Gasteiger partial charge on any atom is -0.461 e. The molecule has 4 nitrogen and oxygen atoms in total. The molecule has 1 heterocycles. The molecular weight excluding hydrogens is 204 g/mol. The monoisotopic (exact) mass is 228 g/mol. The number of carbonyl (C=O) groups excluding carboxylic acids is 1. The van der Waals surface area contributed by atoms with E-state index in [-0.39, 0.29) is 17.5 Å². The highest BCUT2D eigenvalue weighted by atomic mass is 16.5. The third-order valence-corrected chi connectivity index (χ3v) is 3.14. The van der Waals surface area contributed by atoms with Crippen molar-refractivity contribution in [3.63, 3.8) is 0 Å². The van der Waals surface area contributed by atoms with Gasteiger partial charge >= 0.3 is 5.97 Å². The van der Waals surface area contributed by atoms with Crippen LogP contribution in [0.15, 0.2) is 0 Å². The molecule has 94 valence electrons. The Morgan fingerprint density at radius 3 is 2.31 bits per heavy atom. The number of rotatable bonds is 2. The standard InChI is InChI=1S/C12H24N2O2/c1-12(2,3)10(13)11(15)16-9-5-7-14(4)8-6-9/h9-10H,5-8,13H2,1-4H3/t10-/m0/s1. The van der Waals surface area contributed by atoms with Crippen LogP contribution in [0, 0.1) is 5.41 Å². The second-order valence-electron chi connectivity index (χ2n) is 5.78. The van der Waals surface area contributed by atoms with Gasteiger partial charge in [-0.15, -0.1) is 0 Å². The first kappa shape index (κ1) is 13.5. The van der Waals surface area contributed by atoms with E-state index in [9.17, 15) is 4.79 Å². The molecule has 0 bridgehead atoms. The normalized spacial score (nSPS) is 21.8. The van der Waals surface area contributed by atoms with Crippen molar-refractivity contribution in [2.75, 3.05) is 20.1 Å². The van der Waals surface area contributed by atoms with Gasteiger partial charge in [-0.1, -0.05) is 20.8 Å². The molecule has 1 atom stereocenters. The Bertz CT molecular complexity index is 240. The van der Waals surface area contributed by atoms with E-state index in [4.69, 9.17) is 10.5 Å². The first-order valence-electron chi connectivity index (χ1n) is 5.95. The highest BCUT2D eigenvalue weighted by molar-refractivity contribution is 5.76. The largest absolute Gasteiger partial charge is 0.461 e. The number of nitrogens with zero attached hydrogens (tertiary/aromatic N) is 1. The topological polar surface area (TPSA) is 55.6 Å². The van der Waals surface area contributed by atoms with Crippen LogP contribution in [-0.2, 0) is 9.53 Å². The first-order chi connectivity index (χ1) is 7.30. The Morgan fingerprint density at radius 2 is 1.88 bits per heavy atom. The van der Waals surface area contributed by atoms with Gasteiger partial charge in [0, 0.05) is 13.1 Å². The molecule has 0 radical (unpaired) electrons. The van der Waals surface area contributed by atoms with Gasteiger partial charge in [0.1, 0.15) is 12.1 Å². The zero-order valence-corrected chi connectivity index (χ0v) is 10.8. The molecular formula is C12H24N2O2. The molecule has 0 amide bonds. The zero-order valence-electron chi connectivity index (χ0n) is 10.8. The fourth-order valence-electron chi connectivity index (χ4n) is 1.69. The summed E-state index contributed by atoms with van der Waals surface area (Å²) in [5.74, 6) is -0.262. The van der Waals surface area contributed by atoms with Crippen LogP contribution in [0.2, 0.25) is 0 Å². The Balaban J connectivity index is 2.40. The van der Waals surface area contributed by atoms with Crippen LogP contribution in [0.25, 0.3) is 0 Å². The predicted octanol–water partition coefficient (Wildman–Crippen LogP) is 0.997. The van der Waals surface area contributed by atoms with E-state index in [2.05, 4.69) is 11.9 Å². The SMILES string of the molecule is CN1CCC(OC(=O)[C@H](N)C(C)(C)C)CC1. The summed E-state index contributed by atoms with van der Waals surface area (Å²) in [4.78, 5) is 14.0. The summed E-state index contributed by atoms with van der Waals surface area (Å²) in [5, 5.41) is 0. The molecule has 0 aromatic heterocycles. The summed E-state index contributed by atoms with van der Waals surface area (Å²) < 4.78 is 5.44. The number of piperidine rings is 1. The van der Waals surface area contributed by atoms with Gasteiger partial charge in [-0.2, -0.15) is 0 Å². The third kappa shape index (κ3) is 3.76. The number of esters is 1. The van der Waals surface area contributed by atoms with Gasteiger partial charge in [0.2, 0.25) is 0 Å². The average Bonchev–Trinajstić information content (AvgIpc) is 2.19. The third-order valence-electron chi connectivity index (χ3n) is 3.14. The summed E-state index contributed by atoms with van der Waals surface area (Å²) >= 11 is 0. The van der Waals surface area contributed by atoms with Gasteiger partial charge in [-0.05, 0) is 25.3 Å². The van der Waals surface area contributed by atoms with Crippen LogP contribution in [0.3, 0.4) is 0 Å². The van der Waals surface area contributed by atoms with Crippen molar-refractivity contribution in [1.29, 1.82) is 0 Å². The molecule has 2 N–H and O–H groups in total. The van der Waals surface area contributed by atoms with E-state index in [1.165, 1.54) is 0 Å². The van der Waals surface area contributed by atoms with Crippen molar-refractivity contribution in [2.24, 2.45) is 11.1 Å². The van der Waals surface area contributed by atoms with Crippen LogP contribution < -0.4 is 5.73 Å². The van der Waals surface area contributed by atoms with Crippen LogP contribution in [0.4, 0.5) is 0 Å². The molecule has 0 aliphatic carbocycles. The van der Waals surface area contributed by atoms with E-state index >= 15 is 0 Å². The van der Waals surface area contributed by atoms with Crippen molar-refractivity contribution in [2.45, 2.75) is 45.8 Å². The Morgan fingerprint density at radius 1 is 1.38 bits per heavy atom. The molecule has 1 saturated heterocycles. The summed E-state index contributed by atoms with van der Waals surface area (Å²) in [6.45, 7) is 7.83. The van der Waals surface area contributed by atoms with E-state index in [1.807, 2.05) is 20.8 Å². The quantitative estimate of drug-likeness (QED) is 0.716. The van der Waals surface area contributed by atoms with Crippen molar-refractivity contribution in [3.8, 4) is 0 Å². The molecule has 16 heavy (non-hydrogen) atoms. The second-order valence-corrected chi connectivity index (χ2v) is 5.78. The molecule has 0 unspecified atom stereocenters. The molecule has 4 heteroatoms. The number of nitrogens with two attached hydrogens (primary N) is 1. The molecule has 0 aromatic carbocycles. The predicted molar refractivity (Wildman–Crippen MR) is 64.0 cm³/mol. The van der Waals surface area contributed by atoms with E-state index < -0.39 is 6.04 Å². The fraction of sp³-hybridized carbons (Fsp3) is 0.917. The summed E-state index contributed by atoms with van der Waals surface area (Å²) in [7, 11) is 2.08. The molecule has 1 fully saturated rings.